The molecule has 5 heteroatoms. The van der Waals surface area contributed by atoms with Crippen LogP contribution in [0.15, 0.2) is 16.6 Å². The molecule has 0 spiro atoms. The lowest BCUT2D eigenvalue weighted by molar-refractivity contribution is 0.0482. The first-order valence-electron chi connectivity index (χ1n) is 3.42. The van der Waals surface area contributed by atoms with E-state index < -0.39 is 5.82 Å². The predicted octanol–water partition coefficient (Wildman–Crippen LogP) is 3.22. The zero-order chi connectivity index (χ0) is 9.84. The number of hydrogen-bond donors (Lipinski definition) is 0. The van der Waals surface area contributed by atoms with E-state index in [1.165, 1.54) is 13.2 Å². The molecule has 0 saturated carbocycles. The summed E-state index contributed by atoms with van der Waals surface area (Å²) in [6, 6.07) is 3.05. The minimum atomic E-state index is -0.524. The van der Waals surface area contributed by atoms with Crippen LogP contribution >= 0.6 is 27.5 Å². The summed E-state index contributed by atoms with van der Waals surface area (Å²) in [7, 11) is 1.45. The maximum absolute atomic E-state index is 13.3. The zero-order valence-electron chi connectivity index (χ0n) is 6.81. The summed E-state index contributed by atoms with van der Waals surface area (Å²) >= 11 is 8.71. The smallest absolute Gasteiger partial charge is 0.188 e. The zero-order valence-corrected chi connectivity index (χ0v) is 9.15. The van der Waals surface area contributed by atoms with Gasteiger partial charge in [0.15, 0.2) is 18.4 Å². The number of methoxy groups -OCH3 is 1. The normalized spacial score (nSPS) is 10.2. The van der Waals surface area contributed by atoms with E-state index in [-0.39, 0.29) is 17.6 Å². The largest absolute Gasteiger partial charge is 0.463 e. The van der Waals surface area contributed by atoms with E-state index in [9.17, 15) is 4.39 Å². The molecule has 1 aromatic carbocycles. The third kappa shape index (κ3) is 2.56. The maximum Gasteiger partial charge on any atom is 0.188 e. The molecule has 1 rings (SSSR count). The maximum atomic E-state index is 13.3. The molecule has 0 unspecified atom stereocenters. The number of benzene rings is 1. The highest BCUT2D eigenvalue weighted by molar-refractivity contribution is 9.10. The Kier molecular flexibility index (Phi) is 3.96. The van der Waals surface area contributed by atoms with Gasteiger partial charge < -0.3 is 9.47 Å². The fourth-order valence-electron chi connectivity index (χ4n) is 0.759. The van der Waals surface area contributed by atoms with E-state index >= 15 is 0 Å². The minimum Gasteiger partial charge on any atom is -0.463 e. The summed E-state index contributed by atoms with van der Waals surface area (Å²) in [5.74, 6) is -0.526. The highest BCUT2D eigenvalue weighted by atomic mass is 79.9. The first kappa shape index (κ1) is 10.8. The van der Waals surface area contributed by atoms with Crippen LogP contribution in [0.5, 0.6) is 5.75 Å². The summed E-state index contributed by atoms with van der Waals surface area (Å²) in [6.07, 6.45) is 0. The van der Waals surface area contributed by atoms with Crippen LogP contribution in [0.25, 0.3) is 0 Å². The molecule has 2 nitrogen and oxygen atoms in total. The molecule has 0 atom stereocenters. The highest BCUT2D eigenvalue weighted by Gasteiger charge is 2.11. The summed E-state index contributed by atoms with van der Waals surface area (Å²) in [6.45, 7) is -0.0346. The quantitative estimate of drug-likeness (QED) is 0.619. The lowest BCUT2D eigenvalue weighted by Crippen LogP contribution is -2.01. The van der Waals surface area contributed by atoms with E-state index in [4.69, 9.17) is 16.3 Å². The molecule has 0 aliphatic carbocycles. The van der Waals surface area contributed by atoms with Crippen molar-refractivity contribution in [1.82, 2.24) is 0 Å². The molecule has 0 bridgehead atoms. The summed E-state index contributed by atoms with van der Waals surface area (Å²) in [5, 5.41) is 0.220. The Morgan fingerprint density at radius 1 is 1.54 bits per heavy atom. The van der Waals surface area contributed by atoms with Gasteiger partial charge in [-0.1, -0.05) is 11.6 Å². The first-order valence-corrected chi connectivity index (χ1v) is 4.59. The lowest BCUT2D eigenvalue weighted by Gasteiger charge is -2.08. The number of ether oxygens (including phenoxy) is 2. The van der Waals surface area contributed by atoms with Gasteiger partial charge in [-0.05, 0) is 28.1 Å². The van der Waals surface area contributed by atoms with Crippen molar-refractivity contribution in [2.45, 2.75) is 0 Å². The number of halogens is 3. The molecule has 0 fully saturated rings. The molecule has 72 valence electrons. The topological polar surface area (TPSA) is 18.5 Å². The van der Waals surface area contributed by atoms with Crippen molar-refractivity contribution < 1.29 is 13.9 Å². The fraction of sp³-hybridized carbons (Fsp3) is 0.250. The Morgan fingerprint density at radius 3 is 2.85 bits per heavy atom. The fourth-order valence-corrected chi connectivity index (χ4v) is 1.27. The Bertz CT molecular complexity index is 306. The van der Waals surface area contributed by atoms with Gasteiger partial charge in [0.1, 0.15) is 0 Å². The Hall–Kier alpha value is -0.320. The van der Waals surface area contributed by atoms with Crippen molar-refractivity contribution in [3.05, 3.63) is 27.4 Å². The second-order valence-electron chi connectivity index (χ2n) is 2.22. The molecule has 0 amide bonds. The molecule has 0 heterocycles. The third-order valence-corrected chi connectivity index (χ3v) is 2.23. The average molecular weight is 269 g/mol. The number of hydrogen-bond acceptors (Lipinski definition) is 2. The van der Waals surface area contributed by atoms with Gasteiger partial charge in [-0.15, -0.1) is 0 Å². The van der Waals surface area contributed by atoms with Crippen LogP contribution in [-0.4, -0.2) is 13.9 Å². The first-order chi connectivity index (χ1) is 6.16. The molecule has 0 radical (unpaired) electrons. The van der Waals surface area contributed by atoms with Gasteiger partial charge in [0, 0.05) is 7.11 Å². The van der Waals surface area contributed by atoms with Crippen LogP contribution in [0.3, 0.4) is 0 Å². The third-order valence-electron chi connectivity index (χ3n) is 1.32. The Labute approximate surface area is 88.7 Å². The molecule has 0 aliphatic heterocycles. The Balaban J connectivity index is 2.96. The predicted molar refractivity (Wildman–Crippen MR) is 51.6 cm³/mol. The van der Waals surface area contributed by atoms with E-state index in [1.54, 1.807) is 6.07 Å². The van der Waals surface area contributed by atoms with Crippen LogP contribution in [-0.2, 0) is 4.74 Å². The molecule has 0 saturated heterocycles. The molecule has 0 aliphatic rings. The molecule has 1 aromatic rings. The van der Waals surface area contributed by atoms with Gasteiger partial charge in [0.2, 0.25) is 0 Å². The van der Waals surface area contributed by atoms with Crippen molar-refractivity contribution in [1.29, 1.82) is 0 Å². The summed E-state index contributed by atoms with van der Waals surface area (Å²) in [5.41, 5.74) is 0. The summed E-state index contributed by atoms with van der Waals surface area (Å²) in [4.78, 5) is 0. The second-order valence-corrected chi connectivity index (χ2v) is 3.48. The van der Waals surface area contributed by atoms with Gasteiger partial charge in [-0.2, -0.15) is 0 Å². The van der Waals surface area contributed by atoms with Gasteiger partial charge in [0.25, 0.3) is 0 Å². The van der Waals surface area contributed by atoms with Crippen molar-refractivity contribution in [2.24, 2.45) is 0 Å². The highest BCUT2D eigenvalue weighted by Crippen LogP contribution is 2.32. The van der Waals surface area contributed by atoms with Crippen molar-refractivity contribution >= 4 is 27.5 Å². The molecular weight excluding hydrogens is 262 g/mol. The van der Waals surface area contributed by atoms with Crippen LogP contribution < -0.4 is 4.74 Å². The van der Waals surface area contributed by atoms with Gasteiger partial charge in [-0.25, -0.2) is 4.39 Å². The minimum absolute atomic E-state index is 0.00195. The average Bonchev–Trinajstić information content (AvgIpc) is 2.12. The van der Waals surface area contributed by atoms with Crippen molar-refractivity contribution in [2.75, 3.05) is 13.9 Å². The SMILES string of the molecule is COCOc1c(Cl)ccc(Br)c1F. The van der Waals surface area contributed by atoms with E-state index in [2.05, 4.69) is 20.7 Å². The van der Waals surface area contributed by atoms with Crippen molar-refractivity contribution in [3.8, 4) is 5.75 Å². The van der Waals surface area contributed by atoms with Crippen molar-refractivity contribution in [3.63, 3.8) is 0 Å². The van der Waals surface area contributed by atoms with Crippen LogP contribution in [0.2, 0.25) is 5.02 Å². The second kappa shape index (κ2) is 4.79. The number of rotatable bonds is 3. The van der Waals surface area contributed by atoms with E-state index in [0.29, 0.717) is 4.47 Å². The van der Waals surface area contributed by atoms with E-state index in [0.717, 1.165) is 0 Å². The molecule has 0 aromatic heterocycles. The van der Waals surface area contributed by atoms with Crippen LogP contribution in [0, 0.1) is 5.82 Å². The summed E-state index contributed by atoms with van der Waals surface area (Å²) < 4.78 is 23.2. The van der Waals surface area contributed by atoms with Gasteiger partial charge in [0.05, 0.1) is 9.50 Å². The van der Waals surface area contributed by atoms with E-state index in [1.807, 2.05) is 0 Å². The monoisotopic (exact) mass is 268 g/mol. The van der Waals surface area contributed by atoms with Crippen LogP contribution in [0.1, 0.15) is 0 Å². The van der Waals surface area contributed by atoms with Gasteiger partial charge in [-0.3, -0.25) is 0 Å². The van der Waals surface area contributed by atoms with Gasteiger partial charge >= 0.3 is 0 Å². The molecule has 13 heavy (non-hydrogen) atoms. The molecule has 0 N–H and O–H groups in total. The Morgan fingerprint density at radius 2 is 2.23 bits per heavy atom. The standard InChI is InChI=1S/C8H7BrClFO2/c1-12-4-13-8-6(10)3-2-5(9)7(8)11/h2-3H,4H2,1H3. The lowest BCUT2D eigenvalue weighted by atomic mass is 10.3. The molecular formula is C8H7BrClFO2. The van der Waals surface area contributed by atoms with Crippen LogP contribution in [0.4, 0.5) is 4.39 Å².